The highest BCUT2D eigenvalue weighted by molar-refractivity contribution is 9.10. The van der Waals surface area contributed by atoms with E-state index in [1.807, 2.05) is 0 Å². The first-order valence-corrected chi connectivity index (χ1v) is 4.45. The molecule has 1 radical (unpaired) electrons. The van der Waals surface area contributed by atoms with Crippen LogP contribution in [0.3, 0.4) is 0 Å². The van der Waals surface area contributed by atoms with Gasteiger partial charge in [0.2, 0.25) is 0 Å². The van der Waals surface area contributed by atoms with Gasteiger partial charge in [-0.3, -0.25) is 0 Å². The molecule has 0 nitrogen and oxygen atoms in total. The van der Waals surface area contributed by atoms with Crippen LogP contribution < -0.4 is 0 Å². The van der Waals surface area contributed by atoms with Crippen molar-refractivity contribution in [1.29, 1.82) is 0 Å². The monoisotopic (exact) mass is 207 g/mol. The summed E-state index contributed by atoms with van der Waals surface area (Å²) in [4.78, 5) is 0. The molecule has 2 rings (SSSR count). The lowest BCUT2D eigenvalue weighted by Crippen LogP contribution is -1.93. The summed E-state index contributed by atoms with van der Waals surface area (Å²) in [6, 6.07) is 8.40. The Balaban J connectivity index is 2.32. The Hall–Kier alpha value is -0.560. The molecular weight excluding hydrogens is 200 g/mol. The van der Waals surface area contributed by atoms with Crippen molar-refractivity contribution in [2.45, 2.75) is 6.42 Å². The normalized spacial score (nSPS) is 15.5. The van der Waals surface area contributed by atoms with Crippen LogP contribution in [0, 0.1) is 6.42 Å². The summed E-state index contributed by atoms with van der Waals surface area (Å²) >= 11 is 3.40. The molecule has 55 valence electrons. The first kappa shape index (κ1) is 7.11. The zero-order valence-electron chi connectivity index (χ0n) is 6.05. The summed E-state index contributed by atoms with van der Waals surface area (Å²) in [6.07, 6.45) is 5.61. The molecule has 0 bridgehead atoms. The van der Waals surface area contributed by atoms with Crippen LogP contribution in [0.2, 0.25) is 0 Å². The molecule has 0 amide bonds. The predicted octanol–water partition coefficient (Wildman–Crippen LogP) is 3.44. The average Bonchev–Trinajstić information content (AvgIpc) is 1.90. The van der Waals surface area contributed by atoms with Crippen LogP contribution in [0.15, 0.2) is 34.8 Å². The molecule has 1 aliphatic carbocycles. The number of benzene rings is 1. The Morgan fingerprint density at radius 1 is 1.09 bits per heavy atom. The SMILES string of the molecule is Brc1ccc(C2=CC[CH]2)cc1. The van der Waals surface area contributed by atoms with Crippen molar-refractivity contribution in [2.24, 2.45) is 0 Å². The van der Waals surface area contributed by atoms with Gasteiger partial charge in [-0.2, -0.15) is 0 Å². The standard InChI is InChI=1S/C10H8Br/c11-10-6-4-9(5-7-10)8-2-1-3-8/h2-7H,1H2. The van der Waals surface area contributed by atoms with E-state index in [-0.39, 0.29) is 0 Å². The number of hydrogen-bond acceptors (Lipinski definition) is 0. The number of rotatable bonds is 1. The van der Waals surface area contributed by atoms with Crippen LogP contribution in [-0.2, 0) is 0 Å². The first-order valence-electron chi connectivity index (χ1n) is 3.65. The highest BCUT2D eigenvalue weighted by Gasteiger charge is 2.07. The van der Waals surface area contributed by atoms with E-state index in [0.717, 1.165) is 10.9 Å². The van der Waals surface area contributed by atoms with Crippen molar-refractivity contribution >= 4 is 21.5 Å². The summed E-state index contributed by atoms with van der Waals surface area (Å²) in [5, 5.41) is 0. The van der Waals surface area contributed by atoms with Crippen LogP contribution >= 0.6 is 15.9 Å². The number of hydrogen-bond donors (Lipinski definition) is 0. The molecule has 0 saturated heterocycles. The highest BCUT2D eigenvalue weighted by atomic mass is 79.9. The van der Waals surface area contributed by atoms with Crippen molar-refractivity contribution in [2.75, 3.05) is 0 Å². The Bertz CT molecular complexity index is 282. The quantitative estimate of drug-likeness (QED) is 0.663. The zero-order valence-corrected chi connectivity index (χ0v) is 7.64. The molecule has 0 unspecified atom stereocenters. The number of halogens is 1. The lowest BCUT2D eigenvalue weighted by Gasteiger charge is -2.13. The van der Waals surface area contributed by atoms with Gasteiger partial charge in [-0.15, -0.1) is 0 Å². The predicted molar refractivity (Wildman–Crippen MR) is 51.0 cm³/mol. The minimum absolute atomic E-state index is 1.13. The second-order valence-corrected chi connectivity index (χ2v) is 3.52. The topological polar surface area (TPSA) is 0 Å². The third kappa shape index (κ3) is 1.38. The highest BCUT2D eigenvalue weighted by Crippen LogP contribution is 2.28. The van der Waals surface area contributed by atoms with Crippen LogP contribution in [-0.4, -0.2) is 0 Å². The van der Waals surface area contributed by atoms with E-state index in [9.17, 15) is 0 Å². The molecule has 1 aromatic carbocycles. The van der Waals surface area contributed by atoms with Crippen LogP contribution in [0.5, 0.6) is 0 Å². The van der Waals surface area contributed by atoms with Gasteiger partial charge in [0.25, 0.3) is 0 Å². The molecule has 1 aliphatic rings. The maximum absolute atomic E-state index is 3.40. The summed E-state index contributed by atoms with van der Waals surface area (Å²) in [5.41, 5.74) is 2.69. The van der Waals surface area contributed by atoms with E-state index in [1.165, 1.54) is 11.1 Å². The van der Waals surface area contributed by atoms with Gasteiger partial charge in [0.1, 0.15) is 0 Å². The minimum atomic E-state index is 1.13. The van der Waals surface area contributed by atoms with Crippen molar-refractivity contribution < 1.29 is 0 Å². The Morgan fingerprint density at radius 2 is 1.73 bits per heavy atom. The molecule has 0 aliphatic heterocycles. The fourth-order valence-corrected chi connectivity index (χ4v) is 1.38. The van der Waals surface area contributed by atoms with Crippen molar-refractivity contribution in [3.05, 3.63) is 46.8 Å². The van der Waals surface area contributed by atoms with Gasteiger partial charge in [0, 0.05) is 4.47 Å². The first-order chi connectivity index (χ1) is 5.36. The van der Waals surface area contributed by atoms with Crippen molar-refractivity contribution in [1.82, 2.24) is 0 Å². The fourth-order valence-electron chi connectivity index (χ4n) is 1.11. The van der Waals surface area contributed by atoms with E-state index < -0.39 is 0 Å². The summed E-state index contributed by atoms with van der Waals surface area (Å²) < 4.78 is 1.14. The van der Waals surface area contributed by atoms with Gasteiger partial charge in [-0.05, 0) is 36.1 Å². The molecule has 0 saturated carbocycles. The second-order valence-electron chi connectivity index (χ2n) is 2.61. The summed E-state index contributed by atoms with van der Waals surface area (Å²) in [6.45, 7) is 0. The molecule has 0 atom stereocenters. The molecule has 0 N–H and O–H groups in total. The molecule has 0 fully saturated rings. The summed E-state index contributed by atoms with van der Waals surface area (Å²) in [7, 11) is 0. The van der Waals surface area contributed by atoms with Gasteiger partial charge < -0.3 is 0 Å². The molecule has 1 aromatic rings. The molecule has 11 heavy (non-hydrogen) atoms. The van der Waals surface area contributed by atoms with Gasteiger partial charge in [-0.25, -0.2) is 0 Å². The van der Waals surface area contributed by atoms with Crippen LogP contribution in [0.1, 0.15) is 12.0 Å². The smallest absolute Gasteiger partial charge is 0.0175 e. The number of allylic oxidation sites excluding steroid dienone is 2. The van der Waals surface area contributed by atoms with Crippen LogP contribution in [0.25, 0.3) is 5.57 Å². The third-order valence-electron chi connectivity index (χ3n) is 1.85. The molecule has 0 heterocycles. The maximum Gasteiger partial charge on any atom is 0.0175 e. The molecular formula is C10H8Br. The van der Waals surface area contributed by atoms with Gasteiger partial charge >= 0.3 is 0 Å². The molecule has 1 heteroatoms. The van der Waals surface area contributed by atoms with E-state index >= 15 is 0 Å². The average molecular weight is 208 g/mol. The Labute approximate surface area is 75.1 Å². The largest absolute Gasteiger partial charge is 0.0798 e. The van der Waals surface area contributed by atoms with Gasteiger partial charge in [0.15, 0.2) is 0 Å². The Kier molecular flexibility index (Phi) is 1.82. The molecule has 0 spiro atoms. The van der Waals surface area contributed by atoms with E-state index in [1.54, 1.807) is 0 Å². The van der Waals surface area contributed by atoms with E-state index in [4.69, 9.17) is 0 Å². The van der Waals surface area contributed by atoms with Gasteiger partial charge in [-0.1, -0.05) is 34.1 Å². The molecule has 0 aromatic heterocycles. The van der Waals surface area contributed by atoms with Crippen molar-refractivity contribution in [3.8, 4) is 0 Å². The second kappa shape index (κ2) is 2.82. The maximum atomic E-state index is 3.40. The summed E-state index contributed by atoms with van der Waals surface area (Å²) in [5.74, 6) is 0. The van der Waals surface area contributed by atoms with E-state index in [0.29, 0.717) is 0 Å². The van der Waals surface area contributed by atoms with Gasteiger partial charge in [0.05, 0.1) is 0 Å². The lowest BCUT2D eigenvalue weighted by atomic mass is 9.92. The fraction of sp³-hybridized carbons (Fsp3) is 0.100. The lowest BCUT2D eigenvalue weighted by molar-refractivity contribution is 1.21. The zero-order chi connectivity index (χ0) is 7.68. The minimum Gasteiger partial charge on any atom is -0.0798 e. The van der Waals surface area contributed by atoms with E-state index in [2.05, 4.69) is 52.7 Å². The third-order valence-corrected chi connectivity index (χ3v) is 2.38. The Morgan fingerprint density at radius 3 is 2.18 bits per heavy atom. The van der Waals surface area contributed by atoms with Crippen molar-refractivity contribution in [3.63, 3.8) is 0 Å². The van der Waals surface area contributed by atoms with Crippen LogP contribution in [0.4, 0.5) is 0 Å².